The number of esters is 1. The van der Waals surface area contributed by atoms with Gasteiger partial charge in [-0.25, -0.2) is 4.99 Å². The minimum atomic E-state index is -0.758. The molecule has 0 fully saturated rings. The minimum absolute atomic E-state index is 0.0184. The molecule has 7 N–H and O–H groups in total. The molecule has 1 atom stereocenters. The summed E-state index contributed by atoms with van der Waals surface area (Å²) in [6.45, 7) is 1.53. The molecule has 0 aliphatic carbocycles. The van der Waals surface area contributed by atoms with Crippen LogP contribution in [0.3, 0.4) is 0 Å². The van der Waals surface area contributed by atoms with E-state index in [1.807, 2.05) is 0 Å². The number of ether oxygens (including phenoxy) is 1. The molecular formula is C21H23Br2N5O5. The largest absolute Gasteiger partial charge is 0.506 e. The summed E-state index contributed by atoms with van der Waals surface area (Å²) in [6, 6.07) is 8.65. The highest BCUT2D eigenvalue weighted by Gasteiger charge is 2.22. The molecule has 2 rings (SSSR count). The number of hydrogen-bond donors (Lipinski definition) is 5. The first-order valence-electron chi connectivity index (χ1n) is 9.71. The zero-order valence-corrected chi connectivity index (χ0v) is 20.8. The van der Waals surface area contributed by atoms with Crippen molar-refractivity contribution in [1.82, 2.24) is 10.6 Å². The molecule has 0 aromatic heterocycles. The van der Waals surface area contributed by atoms with Crippen LogP contribution in [0, 0.1) is 0 Å². The number of carbonyl (C=O) groups excluding carboxylic acids is 3. The fourth-order valence-corrected chi connectivity index (χ4v) is 4.02. The van der Waals surface area contributed by atoms with Gasteiger partial charge >= 0.3 is 5.97 Å². The molecule has 1 unspecified atom stereocenters. The van der Waals surface area contributed by atoms with E-state index in [0.717, 1.165) is 0 Å². The number of rotatable bonds is 9. The zero-order chi connectivity index (χ0) is 24.5. The van der Waals surface area contributed by atoms with E-state index in [4.69, 9.17) is 16.2 Å². The van der Waals surface area contributed by atoms with Crippen LogP contribution in [0.25, 0.3) is 0 Å². The molecule has 0 aliphatic rings. The van der Waals surface area contributed by atoms with Crippen LogP contribution < -0.4 is 22.1 Å². The lowest BCUT2D eigenvalue weighted by Crippen LogP contribution is -2.39. The number of halogens is 2. The van der Waals surface area contributed by atoms with Crippen molar-refractivity contribution in [2.24, 2.45) is 16.5 Å². The van der Waals surface area contributed by atoms with Crippen LogP contribution in [-0.2, 0) is 14.3 Å². The third-order valence-corrected chi connectivity index (χ3v) is 5.44. The molecule has 0 radical (unpaired) electrons. The molecular weight excluding hydrogens is 562 g/mol. The number of phenolic OH excluding ortho intramolecular Hbond substituents is 1. The van der Waals surface area contributed by atoms with Crippen LogP contribution in [0.2, 0.25) is 0 Å². The van der Waals surface area contributed by atoms with E-state index in [2.05, 4.69) is 47.5 Å². The van der Waals surface area contributed by atoms with Crippen molar-refractivity contribution in [3.05, 3.63) is 56.5 Å². The number of benzene rings is 2. The number of aliphatic imine (C=N–C) groups is 1. The highest BCUT2D eigenvalue weighted by Crippen LogP contribution is 2.35. The van der Waals surface area contributed by atoms with Gasteiger partial charge in [-0.1, -0.05) is 6.07 Å². The monoisotopic (exact) mass is 583 g/mol. The Bertz CT molecular complexity index is 1050. The molecule has 2 amide bonds. The molecule has 0 bridgehead atoms. The van der Waals surface area contributed by atoms with Gasteiger partial charge in [0.1, 0.15) is 5.75 Å². The Hall–Kier alpha value is -3.12. The smallest absolute Gasteiger partial charge is 0.308 e. The highest BCUT2D eigenvalue weighted by atomic mass is 79.9. The van der Waals surface area contributed by atoms with Crippen molar-refractivity contribution in [3.63, 3.8) is 0 Å². The number of aromatic hydroxyl groups is 1. The second-order valence-corrected chi connectivity index (χ2v) is 8.44. The number of nitrogens with zero attached hydrogens (tertiary/aromatic N) is 1. The predicted molar refractivity (Wildman–Crippen MR) is 130 cm³/mol. The maximum absolute atomic E-state index is 12.5. The lowest BCUT2D eigenvalue weighted by atomic mass is 10.0. The molecule has 10 nitrogen and oxygen atoms in total. The molecule has 0 heterocycles. The van der Waals surface area contributed by atoms with Gasteiger partial charge in [0.25, 0.3) is 5.91 Å². The first-order chi connectivity index (χ1) is 15.6. The van der Waals surface area contributed by atoms with Gasteiger partial charge in [0.05, 0.1) is 40.2 Å². The standard InChI is InChI=1S/C21H23Br2N5O5/c1-2-33-18(30)9-16(12-7-14(22)19(31)15(23)8-12)28-17(29)10-26-20(32)11-4-3-5-13(6-11)27-21(24)25/h3-8,16,31H,2,9-10H2,1H3,(H,26,32)(H,28,29)(H4,24,25,27). The van der Waals surface area contributed by atoms with E-state index in [1.165, 1.54) is 6.07 Å². The molecule has 12 heteroatoms. The van der Waals surface area contributed by atoms with Gasteiger partial charge in [0.2, 0.25) is 5.91 Å². The van der Waals surface area contributed by atoms with Gasteiger partial charge in [0, 0.05) is 5.56 Å². The summed E-state index contributed by atoms with van der Waals surface area (Å²) in [5.74, 6) is -1.71. The topological polar surface area (TPSA) is 169 Å². The summed E-state index contributed by atoms with van der Waals surface area (Å²) in [7, 11) is 0. The normalized spacial score (nSPS) is 11.2. The molecule has 33 heavy (non-hydrogen) atoms. The lowest BCUT2D eigenvalue weighted by Gasteiger charge is -2.20. The number of nitrogens with two attached hydrogens (primary N) is 2. The molecule has 0 aliphatic heterocycles. The van der Waals surface area contributed by atoms with Gasteiger partial charge in [0.15, 0.2) is 5.96 Å². The quantitative estimate of drug-likeness (QED) is 0.171. The Labute approximate surface area is 207 Å². The van der Waals surface area contributed by atoms with Crippen LogP contribution in [-0.4, -0.2) is 42.0 Å². The summed E-state index contributed by atoms with van der Waals surface area (Å²) in [4.78, 5) is 40.9. The Morgan fingerprint density at radius 3 is 2.42 bits per heavy atom. The van der Waals surface area contributed by atoms with E-state index in [0.29, 0.717) is 20.2 Å². The van der Waals surface area contributed by atoms with E-state index in [1.54, 1.807) is 37.3 Å². The Morgan fingerprint density at radius 1 is 1.15 bits per heavy atom. The lowest BCUT2D eigenvalue weighted by molar-refractivity contribution is -0.143. The van der Waals surface area contributed by atoms with Crippen LogP contribution in [0.15, 0.2) is 50.3 Å². The second-order valence-electron chi connectivity index (χ2n) is 6.73. The fourth-order valence-electron chi connectivity index (χ4n) is 2.80. The van der Waals surface area contributed by atoms with E-state index in [9.17, 15) is 19.5 Å². The van der Waals surface area contributed by atoms with Crippen molar-refractivity contribution in [2.45, 2.75) is 19.4 Å². The molecule has 0 saturated heterocycles. The van der Waals surface area contributed by atoms with E-state index >= 15 is 0 Å². The summed E-state index contributed by atoms with van der Waals surface area (Å²) in [6.07, 6.45) is -0.141. The summed E-state index contributed by atoms with van der Waals surface area (Å²) in [5.41, 5.74) is 11.9. The van der Waals surface area contributed by atoms with E-state index < -0.39 is 23.8 Å². The summed E-state index contributed by atoms with van der Waals surface area (Å²) in [5, 5.41) is 15.2. The average molecular weight is 585 g/mol. The Balaban J connectivity index is 2.10. The SMILES string of the molecule is CCOC(=O)CC(NC(=O)CNC(=O)c1cccc(N=C(N)N)c1)c1cc(Br)c(O)c(Br)c1. The number of amides is 2. The van der Waals surface area contributed by atoms with Gasteiger partial charge in [-0.2, -0.15) is 0 Å². The number of carbonyl (C=O) groups is 3. The third-order valence-electron chi connectivity index (χ3n) is 4.23. The van der Waals surface area contributed by atoms with Gasteiger partial charge in [-0.3, -0.25) is 14.4 Å². The predicted octanol–water partition coefficient (Wildman–Crippen LogP) is 2.36. The Kier molecular flexibility index (Phi) is 9.67. The van der Waals surface area contributed by atoms with Crippen LogP contribution in [0.4, 0.5) is 5.69 Å². The van der Waals surface area contributed by atoms with Crippen molar-refractivity contribution in [3.8, 4) is 5.75 Å². The Morgan fingerprint density at radius 2 is 1.82 bits per heavy atom. The first-order valence-corrected chi connectivity index (χ1v) is 11.3. The van der Waals surface area contributed by atoms with Crippen molar-refractivity contribution < 1.29 is 24.2 Å². The number of hydrogen-bond acceptors (Lipinski definition) is 6. The van der Waals surface area contributed by atoms with Crippen LogP contribution in [0.5, 0.6) is 5.75 Å². The van der Waals surface area contributed by atoms with Gasteiger partial charge < -0.3 is 31.9 Å². The van der Waals surface area contributed by atoms with Crippen LogP contribution >= 0.6 is 31.9 Å². The molecule has 0 spiro atoms. The van der Waals surface area contributed by atoms with Crippen LogP contribution in [0.1, 0.15) is 35.3 Å². The fraction of sp³-hybridized carbons (Fsp3) is 0.238. The van der Waals surface area contributed by atoms with E-state index in [-0.39, 0.29) is 36.8 Å². The number of phenols is 1. The van der Waals surface area contributed by atoms with Gasteiger partial charge in [-0.05, 0) is 74.7 Å². The third kappa shape index (κ3) is 8.06. The summed E-state index contributed by atoms with van der Waals surface area (Å²) < 4.78 is 5.75. The summed E-state index contributed by atoms with van der Waals surface area (Å²) >= 11 is 6.47. The number of guanidine groups is 1. The van der Waals surface area contributed by atoms with Gasteiger partial charge in [-0.15, -0.1) is 0 Å². The average Bonchev–Trinajstić information content (AvgIpc) is 2.75. The maximum Gasteiger partial charge on any atom is 0.308 e. The molecule has 0 saturated carbocycles. The maximum atomic E-state index is 12.5. The molecule has 2 aromatic carbocycles. The van der Waals surface area contributed by atoms with Crippen molar-refractivity contribution >= 4 is 61.3 Å². The zero-order valence-electron chi connectivity index (χ0n) is 17.6. The highest BCUT2D eigenvalue weighted by molar-refractivity contribution is 9.11. The first kappa shape index (κ1) is 26.1. The van der Waals surface area contributed by atoms with Crippen molar-refractivity contribution in [1.29, 1.82) is 0 Å². The number of nitrogens with one attached hydrogen (secondary N) is 2. The second kappa shape index (κ2) is 12.2. The molecule has 2 aromatic rings. The van der Waals surface area contributed by atoms with Crippen molar-refractivity contribution in [2.75, 3.05) is 13.2 Å². The minimum Gasteiger partial charge on any atom is -0.506 e. The molecule has 176 valence electrons.